The van der Waals surface area contributed by atoms with E-state index in [2.05, 4.69) is 10.2 Å². The maximum atomic E-state index is 12.3. The lowest BCUT2D eigenvalue weighted by atomic mass is 10.2. The Labute approximate surface area is 162 Å². The minimum Gasteiger partial charge on any atom is -0.484 e. The summed E-state index contributed by atoms with van der Waals surface area (Å²) in [7, 11) is 1.78. The van der Waals surface area contributed by atoms with E-state index in [1.807, 2.05) is 61.5 Å². The van der Waals surface area contributed by atoms with E-state index < -0.39 is 0 Å². The molecule has 0 saturated carbocycles. The molecule has 0 fully saturated rings. The number of nitrogens with zero attached hydrogens (tertiary/aromatic N) is 3. The van der Waals surface area contributed by atoms with E-state index in [1.54, 1.807) is 11.9 Å². The Morgan fingerprint density at radius 1 is 1.15 bits per heavy atom. The molecule has 27 heavy (non-hydrogen) atoms. The van der Waals surface area contributed by atoms with Crippen molar-refractivity contribution in [3.63, 3.8) is 0 Å². The van der Waals surface area contributed by atoms with Gasteiger partial charge in [-0.25, -0.2) is 0 Å². The average Bonchev–Trinajstić information content (AvgIpc) is 3.13. The van der Waals surface area contributed by atoms with Crippen LogP contribution in [0.3, 0.4) is 0 Å². The number of ether oxygens (including phenoxy) is 1. The van der Waals surface area contributed by atoms with Crippen LogP contribution in [0.5, 0.6) is 5.75 Å². The summed E-state index contributed by atoms with van der Waals surface area (Å²) in [6, 6.07) is 17.6. The van der Waals surface area contributed by atoms with Crippen molar-refractivity contribution in [3.05, 3.63) is 71.6 Å². The molecule has 0 atom stereocenters. The summed E-state index contributed by atoms with van der Waals surface area (Å²) >= 11 is 1.23. The van der Waals surface area contributed by atoms with Crippen molar-refractivity contribution in [1.82, 2.24) is 15.1 Å². The van der Waals surface area contributed by atoms with Crippen LogP contribution in [0.1, 0.15) is 17.0 Å². The maximum Gasteiger partial charge on any atom is 0.277 e. The number of carbonyl (C=O) groups is 1. The lowest BCUT2D eigenvalue weighted by Gasteiger charge is -2.16. The zero-order chi connectivity index (χ0) is 19.1. The number of hydrogen-bond donors (Lipinski definition) is 0. The fraction of sp³-hybridized carbons (Fsp3) is 0.250. The van der Waals surface area contributed by atoms with Crippen molar-refractivity contribution >= 4 is 17.7 Å². The van der Waals surface area contributed by atoms with Crippen molar-refractivity contribution in [2.75, 3.05) is 12.8 Å². The van der Waals surface area contributed by atoms with Gasteiger partial charge in [0.15, 0.2) is 6.61 Å². The topological polar surface area (TPSA) is 68.5 Å². The molecule has 0 N–H and O–H groups in total. The number of carbonyl (C=O) groups excluding carboxylic acids is 1. The van der Waals surface area contributed by atoms with Crippen LogP contribution in [0.15, 0.2) is 64.2 Å². The van der Waals surface area contributed by atoms with Crippen molar-refractivity contribution in [3.8, 4) is 5.75 Å². The van der Waals surface area contributed by atoms with Crippen LogP contribution < -0.4 is 4.74 Å². The molecule has 0 spiro atoms. The smallest absolute Gasteiger partial charge is 0.277 e. The van der Waals surface area contributed by atoms with Gasteiger partial charge in [-0.05, 0) is 30.2 Å². The van der Waals surface area contributed by atoms with Crippen molar-refractivity contribution in [1.29, 1.82) is 0 Å². The first-order valence-corrected chi connectivity index (χ1v) is 9.51. The molecule has 0 bridgehead atoms. The third-order valence-electron chi connectivity index (χ3n) is 3.81. The van der Waals surface area contributed by atoms with Crippen LogP contribution in [0.2, 0.25) is 0 Å². The molecule has 0 radical (unpaired) electrons. The molecule has 0 saturated heterocycles. The zero-order valence-corrected chi connectivity index (χ0v) is 16.1. The Bertz CT molecular complexity index is 883. The van der Waals surface area contributed by atoms with E-state index in [4.69, 9.17) is 9.15 Å². The van der Waals surface area contributed by atoms with Crippen LogP contribution in [0.4, 0.5) is 0 Å². The quantitative estimate of drug-likeness (QED) is 0.553. The van der Waals surface area contributed by atoms with Crippen molar-refractivity contribution < 1.29 is 13.9 Å². The normalized spacial score (nSPS) is 10.6. The van der Waals surface area contributed by atoms with Gasteiger partial charge >= 0.3 is 0 Å². The molecular weight excluding hydrogens is 362 g/mol. The van der Waals surface area contributed by atoms with E-state index in [9.17, 15) is 4.79 Å². The van der Waals surface area contributed by atoms with E-state index in [-0.39, 0.29) is 18.3 Å². The van der Waals surface area contributed by atoms with Gasteiger partial charge in [-0.1, -0.05) is 54.2 Å². The largest absolute Gasteiger partial charge is 0.484 e. The molecule has 7 heteroatoms. The van der Waals surface area contributed by atoms with Gasteiger partial charge in [0.2, 0.25) is 5.91 Å². The number of hydrogen-bond acceptors (Lipinski definition) is 6. The van der Waals surface area contributed by atoms with E-state index in [0.717, 1.165) is 16.9 Å². The molecule has 1 heterocycles. The second kappa shape index (κ2) is 9.23. The molecule has 0 unspecified atom stereocenters. The van der Waals surface area contributed by atoms with Crippen LogP contribution in [0.25, 0.3) is 0 Å². The van der Waals surface area contributed by atoms with Gasteiger partial charge < -0.3 is 14.1 Å². The number of thioether (sulfide) groups is 1. The van der Waals surface area contributed by atoms with Crippen LogP contribution in [0, 0.1) is 6.92 Å². The van der Waals surface area contributed by atoms with Gasteiger partial charge in [0.05, 0.1) is 5.75 Å². The molecule has 1 aromatic heterocycles. The van der Waals surface area contributed by atoms with Crippen molar-refractivity contribution in [2.45, 2.75) is 25.3 Å². The Morgan fingerprint density at radius 2 is 1.96 bits per heavy atom. The van der Waals surface area contributed by atoms with E-state index in [1.165, 1.54) is 11.8 Å². The molecule has 0 aliphatic carbocycles. The molecule has 0 aliphatic rings. The Kier molecular flexibility index (Phi) is 6.49. The third-order valence-corrected chi connectivity index (χ3v) is 4.61. The van der Waals surface area contributed by atoms with Gasteiger partial charge in [0.1, 0.15) is 5.75 Å². The number of aromatic nitrogens is 2. The highest BCUT2D eigenvalue weighted by Crippen LogP contribution is 2.19. The summed E-state index contributed by atoms with van der Waals surface area (Å²) in [5, 5.41) is 8.27. The Hall–Kier alpha value is -2.80. The SMILES string of the molecule is Cc1cccc(OCc2nnc(SCC(=O)N(C)Cc3ccccc3)o2)c1. The van der Waals surface area contributed by atoms with Crippen LogP contribution in [-0.4, -0.2) is 33.8 Å². The molecule has 1 amide bonds. The average molecular weight is 383 g/mol. The lowest BCUT2D eigenvalue weighted by Crippen LogP contribution is -2.27. The highest BCUT2D eigenvalue weighted by molar-refractivity contribution is 7.99. The van der Waals surface area contributed by atoms with E-state index in [0.29, 0.717) is 17.7 Å². The van der Waals surface area contributed by atoms with E-state index >= 15 is 0 Å². The molecule has 0 aliphatic heterocycles. The summed E-state index contributed by atoms with van der Waals surface area (Å²) in [6.45, 7) is 2.76. The second-order valence-corrected chi connectivity index (χ2v) is 7.02. The summed E-state index contributed by atoms with van der Waals surface area (Å²) in [4.78, 5) is 13.9. The van der Waals surface area contributed by atoms with Gasteiger partial charge in [0, 0.05) is 13.6 Å². The van der Waals surface area contributed by atoms with Crippen LogP contribution in [-0.2, 0) is 17.9 Å². The molecule has 3 aromatic rings. The summed E-state index contributed by atoms with van der Waals surface area (Å²) < 4.78 is 11.2. The summed E-state index contributed by atoms with van der Waals surface area (Å²) in [5.41, 5.74) is 2.21. The van der Waals surface area contributed by atoms with Crippen molar-refractivity contribution in [2.24, 2.45) is 0 Å². The molecule has 2 aromatic carbocycles. The predicted octanol–water partition coefficient (Wildman–Crippen LogP) is 3.71. The number of benzene rings is 2. The second-order valence-electron chi connectivity index (χ2n) is 6.09. The van der Waals surface area contributed by atoms with Gasteiger partial charge in [-0.2, -0.15) is 0 Å². The molecule has 6 nitrogen and oxygen atoms in total. The molecule has 3 rings (SSSR count). The fourth-order valence-electron chi connectivity index (χ4n) is 2.38. The number of amides is 1. The highest BCUT2D eigenvalue weighted by Gasteiger charge is 2.13. The predicted molar refractivity (Wildman–Crippen MR) is 103 cm³/mol. The lowest BCUT2D eigenvalue weighted by molar-refractivity contribution is -0.127. The first-order chi connectivity index (χ1) is 13.1. The van der Waals surface area contributed by atoms with Crippen LogP contribution >= 0.6 is 11.8 Å². The number of aryl methyl sites for hydroxylation is 1. The standard InChI is InChI=1S/C20H21N3O3S/c1-15-7-6-10-17(11-15)25-13-18-21-22-20(26-18)27-14-19(24)23(2)12-16-8-4-3-5-9-16/h3-11H,12-14H2,1-2H3. The zero-order valence-electron chi connectivity index (χ0n) is 15.3. The molecule has 140 valence electrons. The summed E-state index contributed by atoms with van der Waals surface area (Å²) in [5.74, 6) is 1.37. The minimum absolute atomic E-state index is 0.000358. The fourth-order valence-corrected chi connectivity index (χ4v) is 3.11. The molecular formula is C20H21N3O3S. The minimum atomic E-state index is -0.000358. The monoisotopic (exact) mass is 383 g/mol. The first-order valence-electron chi connectivity index (χ1n) is 8.52. The highest BCUT2D eigenvalue weighted by atomic mass is 32.2. The number of rotatable bonds is 8. The maximum absolute atomic E-state index is 12.3. The van der Waals surface area contributed by atoms with Gasteiger partial charge in [0.25, 0.3) is 11.1 Å². The summed E-state index contributed by atoms with van der Waals surface area (Å²) in [6.07, 6.45) is 0. The Morgan fingerprint density at radius 3 is 2.74 bits per heavy atom. The third kappa shape index (κ3) is 5.86. The Balaban J connectivity index is 1.45. The van der Waals surface area contributed by atoms with Gasteiger partial charge in [-0.3, -0.25) is 4.79 Å². The first kappa shape index (κ1) is 19.0. The van der Waals surface area contributed by atoms with Gasteiger partial charge in [-0.15, -0.1) is 10.2 Å².